The van der Waals surface area contributed by atoms with Gasteiger partial charge in [0.25, 0.3) is 0 Å². The van der Waals surface area contributed by atoms with Gasteiger partial charge in [-0.15, -0.1) is 0 Å². The highest BCUT2D eigenvalue weighted by atomic mass is 16.6. The van der Waals surface area contributed by atoms with Gasteiger partial charge in [-0.25, -0.2) is 4.79 Å². The standard InChI is InChI=1S/C42H67NO6/c1-3-4-5-6-7-8-9-10-11-12-13-14-15-16-17-22-28-45-30-32-47-34-35-48-33-31-46-29-27-43(2)42(44)49-36-41-39-25-20-18-23-37(39)38-24-19-21-26-40(38)41/h18-21,23-26,41H,3-17,22,27-36H2,1-2H3. The third kappa shape index (κ3) is 17.4. The van der Waals surface area contributed by atoms with Crippen molar-refractivity contribution in [3.8, 4) is 11.1 Å². The molecule has 1 amide bonds. The highest BCUT2D eigenvalue weighted by Gasteiger charge is 2.29. The number of amides is 1. The minimum atomic E-state index is -0.340. The average Bonchev–Trinajstić information content (AvgIpc) is 3.45. The Labute approximate surface area is 298 Å². The number of unbranched alkanes of at least 4 members (excludes halogenated alkanes) is 15. The predicted molar refractivity (Wildman–Crippen MR) is 201 cm³/mol. The molecule has 0 N–H and O–H groups in total. The maximum absolute atomic E-state index is 12.6. The Hall–Kier alpha value is -2.45. The van der Waals surface area contributed by atoms with Gasteiger partial charge in [0.2, 0.25) is 0 Å². The Morgan fingerprint density at radius 1 is 0.531 bits per heavy atom. The van der Waals surface area contributed by atoms with E-state index >= 15 is 0 Å². The van der Waals surface area contributed by atoms with Gasteiger partial charge in [0.05, 0.1) is 46.2 Å². The number of hydrogen-bond donors (Lipinski definition) is 0. The molecule has 0 aromatic heterocycles. The van der Waals surface area contributed by atoms with E-state index < -0.39 is 0 Å². The number of fused-ring (bicyclic) bond motifs is 3. The minimum absolute atomic E-state index is 0.0585. The quantitative estimate of drug-likeness (QED) is 0.0738. The van der Waals surface area contributed by atoms with Crippen LogP contribution >= 0.6 is 0 Å². The van der Waals surface area contributed by atoms with E-state index in [0.717, 1.165) is 13.0 Å². The van der Waals surface area contributed by atoms with Crippen LogP contribution in [0.1, 0.15) is 127 Å². The summed E-state index contributed by atoms with van der Waals surface area (Å²) in [7, 11) is 1.74. The lowest BCUT2D eigenvalue weighted by Crippen LogP contribution is -2.32. The second kappa shape index (κ2) is 27.3. The monoisotopic (exact) mass is 681 g/mol. The van der Waals surface area contributed by atoms with Crippen molar-refractivity contribution in [2.75, 3.05) is 73.1 Å². The van der Waals surface area contributed by atoms with Gasteiger partial charge >= 0.3 is 6.09 Å². The van der Waals surface area contributed by atoms with Crippen molar-refractivity contribution in [1.29, 1.82) is 0 Å². The summed E-state index contributed by atoms with van der Waals surface area (Å²) in [4.78, 5) is 14.2. The van der Waals surface area contributed by atoms with E-state index in [9.17, 15) is 4.79 Å². The fourth-order valence-electron chi connectivity index (χ4n) is 6.51. The number of likely N-dealkylation sites (N-methyl/N-ethyl adjacent to an activating group) is 1. The molecule has 0 heterocycles. The van der Waals surface area contributed by atoms with Crippen LogP contribution < -0.4 is 0 Å². The number of nitrogens with zero attached hydrogens (tertiary/aromatic N) is 1. The van der Waals surface area contributed by atoms with Crippen LogP contribution in [0.4, 0.5) is 4.79 Å². The van der Waals surface area contributed by atoms with Crippen LogP contribution in [0.25, 0.3) is 11.1 Å². The van der Waals surface area contributed by atoms with Gasteiger partial charge in [0.1, 0.15) is 6.61 Å². The lowest BCUT2D eigenvalue weighted by atomic mass is 9.98. The van der Waals surface area contributed by atoms with Gasteiger partial charge < -0.3 is 28.6 Å². The van der Waals surface area contributed by atoms with E-state index in [1.165, 1.54) is 119 Å². The molecule has 1 aliphatic carbocycles. The number of hydrogen-bond acceptors (Lipinski definition) is 6. The van der Waals surface area contributed by atoms with Crippen molar-refractivity contribution >= 4 is 6.09 Å². The third-order valence-electron chi connectivity index (χ3n) is 9.48. The summed E-state index contributed by atoms with van der Waals surface area (Å²) in [5, 5.41) is 0. The summed E-state index contributed by atoms with van der Waals surface area (Å²) in [6, 6.07) is 16.7. The van der Waals surface area contributed by atoms with E-state index in [-0.39, 0.29) is 12.0 Å². The van der Waals surface area contributed by atoms with E-state index in [0.29, 0.717) is 59.4 Å². The fraction of sp³-hybridized carbons (Fsp3) is 0.690. The van der Waals surface area contributed by atoms with Gasteiger partial charge in [-0.1, -0.05) is 152 Å². The first-order chi connectivity index (χ1) is 24.2. The number of rotatable bonds is 31. The highest BCUT2D eigenvalue weighted by Crippen LogP contribution is 2.44. The minimum Gasteiger partial charge on any atom is -0.448 e. The highest BCUT2D eigenvalue weighted by molar-refractivity contribution is 5.79. The first-order valence-corrected chi connectivity index (χ1v) is 19.6. The molecule has 0 saturated heterocycles. The van der Waals surface area contributed by atoms with Crippen molar-refractivity contribution < 1.29 is 28.5 Å². The first kappa shape index (κ1) is 41.0. The molecule has 0 fully saturated rings. The van der Waals surface area contributed by atoms with Gasteiger partial charge in [-0.2, -0.15) is 0 Å². The molecule has 0 bridgehead atoms. The van der Waals surface area contributed by atoms with Crippen LogP contribution in [0.2, 0.25) is 0 Å². The van der Waals surface area contributed by atoms with Crippen LogP contribution in [0.3, 0.4) is 0 Å². The maximum Gasteiger partial charge on any atom is 0.409 e. The lowest BCUT2D eigenvalue weighted by Gasteiger charge is -2.19. The molecule has 0 spiro atoms. The zero-order valence-corrected chi connectivity index (χ0v) is 31.0. The molecule has 49 heavy (non-hydrogen) atoms. The number of ether oxygens (including phenoxy) is 5. The summed E-state index contributed by atoms with van der Waals surface area (Å²) in [6.07, 6.45) is 21.8. The average molecular weight is 682 g/mol. The lowest BCUT2D eigenvalue weighted by molar-refractivity contribution is -0.00376. The smallest absolute Gasteiger partial charge is 0.409 e. The molecule has 2 aromatic rings. The molecular formula is C42H67NO6. The normalized spacial score (nSPS) is 12.3. The Morgan fingerprint density at radius 3 is 1.39 bits per heavy atom. The van der Waals surface area contributed by atoms with Gasteiger partial charge in [0.15, 0.2) is 0 Å². The second-order valence-corrected chi connectivity index (χ2v) is 13.5. The molecule has 3 rings (SSSR count). The van der Waals surface area contributed by atoms with Gasteiger partial charge in [-0.05, 0) is 28.7 Å². The van der Waals surface area contributed by atoms with E-state index in [1.54, 1.807) is 11.9 Å². The summed E-state index contributed by atoms with van der Waals surface area (Å²) < 4.78 is 28.2. The Kier molecular flexibility index (Phi) is 22.8. The van der Waals surface area contributed by atoms with Crippen LogP contribution in [0.5, 0.6) is 0 Å². The largest absolute Gasteiger partial charge is 0.448 e. The predicted octanol–water partition coefficient (Wildman–Crippen LogP) is 10.2. The molecule has 0 radical (unpaired) electrons. The Bertz CT molecular complexity index is 1060. The number of benzene rings is 2. The van der Waals surface area contributed by atoms with Crippen molar-refractivity contribution in [3.05, 3.63) is 59.7 Å². The molecule has 7 nitrogen and oxygen atoms in total. The van der Waals surface area contributed by atoms with Crippen LogP contribution in [-0.4, -0.2) is 84.0 Å². The molecule has 0 unspecified atom stereocenters. The third-order valence-corrected chi connectivity index (χ3v) is 9.48. The molecule has 2 aromatic carbocycles. The molecule has 276 valence electrons. The molecular weight excluding hydrogens is 614 g/mol. The van der Waals surface area contributed by atoms with Gasteiger partial charge in [-0.3, -0.25) is 0 Å². The second-order valence-electron chi connectivity index (χ2n) is 13.5. The van der Waals surface area contributed by atoms with Crippen LogP contribution in [0.15, 0.2) is 48.5 Å². The summed E-state index contributed by atoms with van der Waals surface area (Å²) in [6.45, 7) is 7.60. The fourth-order valence-corrected chi connectivity index (χ4v) is 6.51. The van der Waals surface area contributed by atoms with Gasteiger partial charge in [0, 0.05) is 26.1 Å². The van der Waals surface area contributed by atoms with Crippen molar-refractivity contribution in [1.82, 2.24) is 4.90 Å². The summed E-state index contributed by atoms with van der Waals surface area (Å²) >= 11 is 0. The van der Waals surface area contributed by atoms with E-state index in [2.05, 4.69) is 43.3 Å². The Balaban J connectivity index is 1.01. The molecule has 0 atom stereocenters. The van der Waals surface area contributed by atoms with Crippen molar-refractivity contribution in [2.24, 2.45) is 0 Å². The zero-order chi connectivity index (χ0) is 34.6. The Morgan fingerprint density at radius 2 is 0.918 bits per heavy atom. The number of carbonyl (C=O) groups is 1. The molecule has 7 heteroatoms. The van der Waals surface area contributed by atoms with Crippen molar-refractivity contribution in [3.63, 3.8) is 0 Å². The summed E-state index contributed by atoms with van der Waals surface area (Å²) in [5.41, 5.74) is 4.86. The number of carbonyl (C=O) groups excluding carboxylic acids is 1. The SMILES string of the molecule is CCCCCCCCCCCCCCCCCCOCCOCCOCCOCCN(C)C(=O)OCC1c2ccccc2-c2ccccc21. The van der Waals surface area contributed by atoms with Crippen molar-refractivity contribution in [2.45, 2.75) is 116 Å². The molecule has 0 saturated carbocycles. The molecule has 0 aliphatic heterocycles. The first-order valence-electron chi connectivity index (χ1n) is 19.6. The van der Waals surface area contributed by atoms with E-state index in [4.69, 9.17) is 23.7 Å². The van der Waals surface area contributed by atoms with E-state index in [1.807, 2.05) is 12.1 Å². The molecule has 1 aliphatic rings. The zero-order valence-electron chi connectivity index (χ0n) is 31.0. The summed E-state index contributed by atoms with van der Waals surface area (Å²) in [5.74, 6) is 0.0585. The maximum atomic E-state index is 12.6. The van der Waals surface area contributed by atoms with Crippen LogP contribution in [-0.2, 0) is 23.7 Å². The van der Waals surface area contributed by atoms with Crippen LogP contribution in [0, 0.1) is 0 Å². The topological polar surface area (TPSA) is 66.5 Å².